The van der Waals surface area contributed by atoms with Crippen LogP contribution >= 0.6 is 11.5 Å². The molecule has 1 aromatic heterocycles. The number of amides is 1. The van der Waals surface area contributed by atoms with Crippen LogP contribution in [0.1, 0.15) is 27.8 Å². The third kappa shape index (κ3) is 1.47. The molecule has 4 nitrogen and oxygen atoms in total. The van der Waals surface area contributed by atoms with Crippen LogP contribution in [0.5, 0.6) is 0 Å². The SMILES string of the molecule is Cc1cc(N2C(=O)c3ccccc3C2O)sn1. The normalized spacial score (nSPS) is 18.6. The third-order valence-corrected chi connectivity index (χ3v) is 3.67. The number of carbonyl (C=O) groups excluding carboxylic acids is 1. The molecular formula is C12H10N2O2S. The van der Waals surface area contributed by atoms with Crippen LogP contribution < -0.4 is 4.90 Å². The van der Waals surface area contributed by atoms with E-state index >= 15 is 0 Å². The van der Waals surface area contributed by atoms with Gasteiger partial charge in [-0.1, -0.05) is 18.2 Å². The molecule has 0 spiro atoms. The van der Waals surface area contributed by atoms with Crippen LogP contribution in [0.2, 0.25) is 0 Å². The highest BCUT2D eigenvalue weighted by atomic mass is 32.1. The summed E-state index contributed by atoms with van der Waals surface area (Å²) in [5.41, 5.74) is 2.07. The molecular weight excluding hydrogens is 236 g/mol. The van der Waals surface area contributed by atoms with Gasteiger partial charge in [-0.05, 0) is 30.6 Å². The Balaban J connectivity index is 2.09. The lowest BCUT2D eigenvalue weighted by Crippen LogP contribution is -2.26. The Labute approximate surface area is 102 Å². The highest BCUT2D eigenvalue weighted by molar-refractivity contribution is 7.10. The first kappa shape index (κ1) is 10.4. The molecule has 0 fully saturated rings. The van der Waals surface area contributed by atoms with Crippen molar-refractivity contribution in [2.45, 2.75) is 13.2 Å². The first-order chi connectivity index (χ1) is 8.18. The number of aryl methyl sites for hydroxylation is 1. The summed E-state index contributed by atoms with van der Waals surface area (Å²) in [4.78, 5) is 13.5. The summed E-state index contributed by atoms with van der Waals surface area (Å²) in [7, 11) is 0. The van der Waals surface area contributed by atoms with E-state index in [2.05, 4.69) is 4.37 Å². The Kier molecular flexibility index (Phi) is 2.24. The molecule has 1 atom stereocenters. The molecule has 5 heteroatoms. The number of aliphatic hydroxyl groups excluding tert-OH is 1. The van der Waals surface area contributed by atoms with Crippen molar-refractivity contribution in [3.8, 4) is 0 Å². The van der Waals surface area contributed by atoms with Gasteiger partial charge in [-0.2, -0.15) is 4.37 Å². The number of anilines is 1. The number of rotatable bonds is 1. The number of benzene rings is 1. The van der Waals surface area contributed by atoms with Crippen LogP contribution in [0.3, 0.4) is 0 Å². The Morgan fingerprint density at radius 1 is 1.41 bits per heavy atom. The average Bonchev–Trinajstić information content (AvgIpc) is 2.84. The van der Waals surface area contributed by atoms with Crippen LogP contribution in [0.25, 0.3) is 0 Å². The van der Waals surface area contributed by atoms with Gasteiger partial charge in [0.2, 0.25) is 0 Å². The van der Waals surface area contributed by atoms with E-state index < -0.39 is 6.23 Å². The van der Waals surface area contributed by atoms with Crippen molar-refractivity contribution < 1.29 is 9.90 Å². The highest BCUT2D eigenvalue weighted by Crippen LogP contribution is 2.37. The van der Waals surface area contributed by atoms with E-state index in [0.717, 1.165) is 5.69 Å². The molecule has 2 aromatic rings. The molecule has 0 aliphatic carbocycles. The molecule has 1 N–H and O–H groups in total. The van der Waals surface area contributed by atoms with Gasteiger partial charge in [0, 0.05) is 11.1 Å². The predicted octanol–water partition coefficient (Wildman–Crippen LogP) is 2.10. The Bertz CT molecular complexity index is 594. The lowest BCUT2D eigenvalue weighted by Gasteiger charge is -2.17. The van der Waals surface area contributed by atoms with Gasteiger partial charge < -0.3 is 5.11 Å². The molecule has 0 radical (unpaired) electrons. The summed E-state index contributed by atoms with van der Waals surface area (Å²) in [6.07, 6.45) is -0.904. The second-order valence-corrected chi connectivity index (χ2v) is 4.73. The molecule has 2 heterocycles. The van der Waals surface area contributed by atoms with Gasteiger partial charge in [-0.25, -0.2) is 0 Å². The molecule has 17 heavy (non-hydrogen) atoms. The standard InChI is InChI=1S/C12H10N2O2S/c1-7-6-10(17-13-7)14-11(15)8-4-2-3-5-9(8)12(14)16/h2-6,11,15H,1H3. The molecule has 0 saturated carbocycles. The van der Waals surface area contributed by atoms with Crippen molar-refractivity contribution in [1.29, 1.82) is 0 Å². The van der Waals surface area contributed by atoms with Crippen molar-refractivity contribution in [3.63, 3.8) is 0 Å². The molecule has 1 unspecified atom stereocenters. The summed E-state index contributed by atoms with van der Waals surface area (Å²) < 4.78 is 4.13. The van der Waals surface area contributed by atoms with Crippen molar-refractivity contribution in [3.05, 3.63) is 47.2 Å². The van der Waals surface area contributed by atoms with E-state index in [4.69, 9.17) is 0 Å². The minimum Gasteiger partial charge on any atom is -0.369 e. The van der Waals surface area contributed by atoms with E-state index in [0.29, 0.717) is 16.1 Å². The summed E-state index contributed by atoms with van der Waals surface area (Å²) in [5, 5.41) is 10.8. The quantitative estimate of drug-likeness (QED) is 0.838. The van der Waals surface area contributed by atoms with Crippen molar-refractivity contribution in [1.82, 2.24) is 4.37 Å². The third-order valence-electron chi connectivity index (χ3n) is 2.79. The summed E-state index contributed by atoms with van der Waals surface area (Å²) in [5.74, 6) is -0.170. The van der Waals surface area contributed by atoms with Crippen molar-refractivity contribution >= 4 is 22.4 Å². The van der Waals surface area contributed by atoms with E-state index in [1.54, 1.807) is 24.3 Å². The lowest BCUT2D eigenvalue weighted by atomic mass is 10.1. The second kappa shape index (κ2) is 3.65. The fourth-order valence-corrected chi connectivity index (χ4v) is 2.77. The number of hydrogen-bond acceptors (Lipinski definition) is 4. The minimum absolute atomic E-state index is 0.170. The van der Waals surface area contributed by atoms with E-state index in [1.165, 1.54) is 16.4 Å². The number of hydrogen-bond donors (Lipinski definition) is 1. The van der Waals surface area contributed by atoms with Gasteiger partial charge in [-0.3, -0.25) is 9.69 Å². The number of carbonyl (C=O) groups is 1. The van der Waals surface area contributed by atoms with Gasteiger partial charge >= 0.3 is 0 Å². The summed E-state index contributed by atoms with van der Waals surface area (Å²) in [6, 6.07) is 8.92. The maximum atomic E-state index is 12.2. The fraction of sp³-hybridized carbons (Fsp3) is 0.167. The predicted molar refractivity (Wildman–Crippen MR) is 65.1 cm³/mol. The molecule has 1 aliphatic heterocycles. The van der Waals surface area contributed by atoms with Gasteiger partial charge in [0.1, 0.15) is 5.00 Å². The molecule has 1 aliphatic rings. The summed E-state index contributed by atoms with van der Waals surface area (Å²) >= 11 is 1.22. The largest absolute Gasteiger partial charge is 0.369 e. The van der Waals surface area contributed by atoms with Gasteiger partial charge in [0.25, 0.3) is 5.91 Å². The number of fused-ring (bicyclic) bond motifs is 1. The Morgan fingerprint density at radius 3 is 2.82 bits per heavy atom. The molecule has 3 rings (SSSR count). The Hall–Kier alpha value is -1.72. The van der Waals surface area contributed by atoms with Crippen LogP contribution in [0.4, 0.5) is 5.00 Å². The maximum Gasteiger partial charge on any atom is 0.261 e. The molecule has 0 bridgehead atoms. The van der Waals surface area contributed by atoms with E-state index in [1.807, 2.05) is 13.0 Å². The zero-order valence-corrected chi connectivity index (χ0v) is 9.94. The second-order valence-electron chi connectivity index (χ2n) is 3.94. The number of aliphatic hydroxyl groups is 1. The first-order valence-electron chi connectivity index (χ1n) is 5.22. The molecule has 0 saturated heterocycles. The number of nitrogens with zero attached hydrogens (tertiary/aromatic N) is 2. The van der Waals surface area contributed by atoms with Gasteiger partial charge in [0.05, 0.1) is 5.69 Å². The lowest BCUT2D eigenvalue weighted by molar-refractivity contribution is 0.0937. The minimum atomic E-state index is -0.904. The van der Waals surface area contributed by atoms with Crippen LogP contribution in [0.15, 0.2) is 30.3 Å². The van der Waals surface area contributed by atoms with E-state index in [-0.39, 0.29) is 5.91 Å². The monoisotopic (exact) mass is 246 g/mol. The average molecular weight is 246 g/mol. The number of aromatic nitrogens is 1. The van der Waals surface area contributed by atoms with Crippen LogP contribution in [-0.2, 0) is 0 Å². The van der Waals surface area contributed by atoms with Crippen molar-refractivity contribution in [2.75, 3.05) is 4.90 Å². The smallest absolute Gasteiger partial charge is 0.261 e. The van der Waals surface area contributed by atoms with Crippen LogP contribution in [0, 0.1) is 6.92 Å². The van der Waals surface area contributed by atoms with E-state index in [9.17, 15) is 9.90 Å². The molecule has 1 amide bonds. The zero-order chi connectivity index (χ0) is 12.0. The van der Waals surface area contributed by atoms with Crippen molar-refractivity contribution in [2.24, 2.45) is 0 Å². The zero-order valence-electron chi connectivity index (χ0n) is 9.12. The topological polar surface area (TPSA) is 53.4 Å². The fourth-order valence-electron chi connectivity index (χ4n) is 1.98. The molecule has 86 valence electrons. The van der Waals surface area contributed by atoms with Crippen LogP contribution in [-0.4, -0.2) is 15.4 Å². The maximum absolute atomic E-state index is 12.2. The Morgan fingerprint density at radius 2 is 2.18 bits per heavy atom. The first-order valence-corrected chi connectivity index (χ1v) is 5.99. The van der Waals surface area contributed by atoms with Gasteiger partial charge in [0.15, 0.2) is 6.23 Å². The van der Waals surface area contributed by atoms with Gasteiger partial charge in [-0.15, -0.1) is 0 Å². The molecule has 1 aromatic carbocycles. The highest BCUT2D eigenvalue weighted by Gasteiger charge is 2.37. The summed E-state index contributed by atoms with van der Waals surface area (Å²) in [6.45, 7) is 1.86.